The molecule has 0 unspecified atom stereocenters. The fraction of sp³-hybridized carbons (Fsp3) is 0.571. The summed E-state index contributed by atoms with van der Waals surface area (Å²) in [5.74, 6) is 0.465. The Hall–Kier alpha value is -0.330. The zero-order valence-electron chi connectivity index (χ0n) is 12.2. The van der Waals surface area contributed by atoms with Gasteiger partial charge in [-0.3, -0.25) is 0 Å². The van der Waals surface area contributed by atoms with Gasteiger partial charge in [0, 0.05) is 25.2 Å². The van der Waals surface area contributed by atoms with E-state index in [9.17, 15) is 8.42 Å². The third-order valence-corrected chi connectivity index (χ3v) is 6.54. The number of hydrogen-bond donors (Lipinski definition) is 1. The van der Waals surface area contributed by atoms with Gasteiger partial charge < -0.3 is 5.32 Å². The number of nitrogens with zero attached hydrogens (tertiary/aromatic N) is 1. The van der Waals surface area contributed by atoms with Crippen LogP contribution in [0.2, 0.25) is 10.0 Å². The van der Waals surface area contributed by atoms with Crippen LogP contribution in [-0.4, -0.2) is 33.4 Å². The normalized spacial score (nSPS) is 16.2. The van der Waals surface area contributed by atoms with Gasteiger partial charge >= 0.3 is 0 Å². The molecule has 118 valence electrons. The molecule has 21 heavy (non-hydrogen) atoms. The minimum absolute atomic E-state index is 0.126. The monoisotopic (exact) mass is 350 g/mol. The van der Waals surface area contributed by atoms with Gasteiger partial charge in [-0.25, -0.2) is 12.7 Å². The van der Waals surface area contributed by atoms with Crippen LogP contribution in [0, 0.1) is 5.92 Å². The molecule has 1 aliphatic carbocycles. The van der Waals surface area contributed by atoms with E-state index < -0.39 is 10.0 Å². The average molecular weight is 351 g/mol. The van der Waals surface area contributed by atoms with Gasteiger partial charge in [0.05, 0.1) is 5.02 Å². The van der Waals surface area contributed by atoms with Crippen LogP contribution in [0.15, 0.2) is 17.0 Å². The lowest BCUT2D eigenvalue weighted by Crippen LogP contribution is -2.34. The quantitative estimate of drug-likeness (QED) is 0.857. The molecule has 1 fully saturated rings. The molecule has 0 atom stereocenters. The van der Waals surface area contributed by atoms with Crippen molar-refractivity contribution in [1.29, 1.82) is 0 Å². The van der Waals surface area contributed by atoms with Crippen molar-refractivity contribution in [2.45, 2.75) is 30.7 Å². The fourth-order valence-electron chi connectivity index (χ4n) is 2.40. The molecule has 1 aromatic carbocycles. The van der Waals surface area contributed by atoms with Crippen LogP contribution in [0.4, 0.5) is 0 Å². The van der Waals surface area contributed by atoms with Gasteiger partial charge in [0.15, 0.2) is 0 Å². The fourth-order valence-corrected chi connectivity index (χ4v) is 4.48. The van der Waals surface area contributed by atoms with Crippen LogP contribution in [-0.2, 0) is 16.6 Å². The number of hydrogen-bond acceptors (Lipinski definition) is 3. The minimum atomic E-state index is -3.58. The molecular weight excluding hydrogens is 331 g/mol. The summed E-state index contributed by atoms with van der Waals surface area (Å²) in [6.45, 7) is 1.04. The first-order valence-electron chi connectivity index (χ1n) is 6.95. The number of sulfonamides is 1. The standard InChI is InChI=1S/C14H20Cl2N2O2S/c1-17-8-11-6-14(13(16)7-12(11)15)21(19,20)18(2)9-10-4-3-5-10/h6-7,10,17H,3-5,8-9H2,1-2H3. The first-order valence-corrected chi connectivity index (χ1v) is 9.14. The third kappa shape index (κ3) is 3.71. The highest BCUT2D eigenvalue weighted by molar-refractivity contribution is 7.89. The molecule has 1 N–H and O–H groups in total. The van der Waals surface area contributed by atoms with Gasteiger partial charge in [0.1, 0.15) is 4.90 Å². The number of halogens is 2. The highest BCUT2D eigenvalue weighted by atomic mass is 35.5. The summed E-state index contributed by atoms with van der Waals surface area (Å²) < 4.78 is 26.7. The molecule has 4 nitrogen and oxygen atoms in total. The zero-order valence-corrected chi connectivity index (χ0v) is 14.5. The van der Waals surface area contributed by atoms with Crippen LogP contribution < -0.4 is 5.32 Å². The molecule has 1 aromatic rings. The van der Waals surface area contributed by atoms with Crippen LogP contribution in [0.3, 0.4) is 0 Å². The molecule has 0 radical (unpaired) electrons. The van der Waals surface area contributed by atoms with Gasteiger partial charge in [-0.1, -0.05) is 29.6 Å². The molecule has 0 saturated heterocycles. The molecule has 0 heterocycles. The summed E-state index contributed by atoms with van der Waals surface area (Å²) in [6.07, 6.45) is 3.38. The van der Waals surface area contributed by atoms with Crippen molar-refractivity contribution in [3.63, 3.8) is 0 Å². The molecular formula is C14H20Cl2N2O2S. The van der Waals surface area contributed by atoms with E-state index in [0.29, 0.717) is 24.0 Å². The molecule has 0 amide bonds. The van der Waals surface area contributed by atoms with Crippen LogP contribution in [0.25, 0.3) is 0 Å². The Labute approximate surface area is 136 Å². The Kier molecular flexibility index (Phi) is 5.54. The Morgan fingerprint density at radius 3 is 2.48 bits per heavy atom. The van der Waals surface area contributed by atoms with Gasteiger partial charge in [-0.2, -0.15) is 0 Å². The van der Waals surface area contributed by atoms with Crippen molar-refractivity contribution in [2.24, 2.45) is 5.92 Å². The molecule has 1 saturated carbocycles. The van der Waals surface area contributed by atoms with E-state index in [0.717, 1.165) is 18.4 Å². The number of nitrogens with one attached hydrogen (secondary N) is 1. The minimum Gasteiger partial charge on any atom is -0.316 e. The van der Waals surface area contributed by atoms with Crippen LogP contribution in [0.1, 0.15) is 24.8 Å². The second-order valence-electron chi connectivity index (χ2n) is 5.49. The summed E-state index contributed by atoms with van der Waals surface area (Å²) >= 11 is 12.2. The lowest BCUT2D eigenvalue weighted by Gasteiger charge is -2.29. The second-order valence-corrected chi connectivity index (χ2v) is 8.31. The van der Waals surface area contributed by atoms with Crippen molar-refractivity contribution in [2.75, 3.05) is 20.6 Å². The molecule has 7 heteroatoms. The van der Waals surface area contributed by atoms with Crippen molar-refractivity contribution in [1.82, 2.24) is 9.62 Å². The summed E-state index contributed by atoms with van der Waals surface area (Å²) in [5.41, 5.74) is 0.721. The Morgan fingerprint density at radius 2 is 1.95 bits per heavy atom. The number of rotatable bonds is 6. The van der Waals surface area contributed by atoms with Crippen molar-refractivity contribution in [3.05, 3.63) is 27.7 Å². The highest BCUT2D eigenvalue weighted by Gasteiger charge is 2.28. The lowest BCUT2D eigenvalue weighted by molar-refractivity contribution is 0.263. The molecule has 0 spiro atoms. The van der Waals surface area contributed by atoms with E-state index in [-0.39, 0.29) is 9.92 Å². The predicted octanol–water partition coefficient (Wildman–Crippen LogP) is 3.13. The maximum Gasteiger partial charge on any atom is 0.244 e. The van der Waals surface area contributed by atoms with Crippen molar-refractivity contribution >= 4 is 33.2 Å². The predicted molar refractivity (Wildman–Crippen MR) is 86.4 cm³/mol. The van der Waals surface area contributed by atoms with Gasteiger partial charge in [0.2, 0.25) is 10.0 Å². The summed E-state index contributed by atoms with van der Waals surface area (Å²) in [5, 5.41) is 3.60. The average Bonchev–Trinajstić information content (AvgIpc) is 2.36. The number of benzene rings is 1. The maximum absolute atomic E-state index is 12.7. The molecule has 0 bridgehead atoms. The molecule has 2 rings (SSSR count). The SMILES string of the molecule is CNCc1cc(S(=O)(=O)N(C)CC2CCC2)c(Cl)cc1Cl. The van der Waals surface area contributed by atoms with Crippen LogP contribution in [0.5, 0.6) is 0 Å². The van der Waals surface area contributed by atoms with E-state index >= 15 is 0 Å². The maximum atomic E-state index is 12.7. The zero-order chi connectivity index (χ0) is 15.6. The molecule has 0 aromatic heterocycles. The van der Waals surface area contributed by atoms with Gasteiger partial charge in [0.25, 0.3) is 0 Å². The van der Waals surface area contributed by atoms with Crippen molar-refractivity contribution < 1.29 is 8.42 Å². The second kappa shape index (κ2) is 6.84. The van der Waals surface area contributed by atoms with E-state index in [1.54, 1.807) is 20.2 Å². The summed E-state index contributed by atoms with van der Waals surface area (Å²) in [4.78, 5) is 0.126. The first kappa shape index (κ1) is 17.0. The van der Waals surface area contributed by atoms with E-state index in [2.05, 4.69) is 5.32 Å². The largest absolute Gasteiger partial charge is 0.316 e. The third-order valence-electron chi connectivity index (χ3n) is 3.90. The van der Waals surface area contributed by atoms with Gasteiger partial charge in [-0.15, -0.1) is 0 Å². The van der Waals surface area contributed by atoms with E-state index in [1.165, 1.54) is 16.8 Å². The first-order chi connectivity index (χ1) is 9.86. The highest BCUT2D eigenvalue weighted by Crippen LogP contribution is 2.32. The Bertz CT molecular complexity index is 616. The Balaban J connectivity index is 2.31. The smallest absolute Gasteiger partial charge is 0.244 e. The van der Waals surface area contributed by atoms with E-state index in [1.807, 2.05) is 0 Å². The lowest BCUT2D eigenvalue weighted by atomic mass is 9.86. The summed E-state index contributed by atoms with van der Waals surface area (Å²) in [7, 11) is -0.196. The van der Waals surface area contributed by atoms with Gasteiger partial charge in [-0.05, 0) is 43.5 Å². The van der Waals surface area contributed by atoms with Crippen LogP contribution >= 0.6 is 23.2 Å². The Morgan fingerprint density at radius 1 is 1.29 bits per heavy atom. The molecule has 1 aliphatic rings. The van der Waals surface area contributed by atoms with Crippen molar-refractivity contribution in [3.8, 4) is 0 Å². The van der Waals surface area contributed by atoms with E-state index in [4.69, 9.17) is 23.2 Å². The topological polar surface area (TPSA) is 49.4 Å². The summed E-state index contributed by atoms with van der Waals surface area (Å²) in [6, 6.07) is 3.06. The molecule has 0 aliphatic heterocycles.